The molecule has 0 bridgehead atoms. The van der Waals surface area contributed by atoms with Crippen molar-refractivity contribution in [3.63, 3.8) is 0 Å². The minimum Gasteiger partial charge on any atom is -0.458 e. The molecule has 3 aliphatic rings. The zero-order valence-electron chi connectivity index (χ0n) is 21.6. The number of rotatable bonds is 5. The third-order valence-corrected chi connectivity index (χ3v) is 8.64. The van der Waals surface area contributed by atoms with E-state index in [2.05, 4.69) is 29.8 Å². The van der Waals surface area contributed by atoms with Gasteiger partial charge in [0.15, 0.2) is 0 Å². The molecule has 200 valence electrons. The van der Waals surface area contributed by atoms with Crippen molar-refractivity contribution < 1.29 is 27.8 Å². The molecular formula is C27H38F3N3O3. The molecule has 0 aromatic carbocycles. The summed E-state index contributed by atoms with van der Waals surface area (Å²) in [7, 11) is 0. The summed E-state index contributed by atoms with van der Waals surface area (Å²) in [4.78, 5) is 20.1. The van der Waals surface area contributed by atoms with Gasteiger partial charge >= 0.3 is 12.1 Å². The Morgan fingerprint density at radius 3 is 2.53 bits per heavy atom. The smallest absolute Gasteiger partial charge is 0.417 e. The zero-order chi connectivity index (χ0) is 26.3. The minimum atomic E-state index is -4.38. The zero-order valence-corrected chi connectivity index (χ0v) is 21.6. The predicted molar refractivity (Wildman–Crippen MR) is 131 cm³/mol. The Morgan fingerprint density at radius 2 is 1.94 bits per heavy atom. The third kappa shape index (κ3) is 5.57. The third-order valence-electron chi connectivity index (χ3n) is 8.64. The van der Waals surface area contributed by atoms with Crippen molar-refractivity contribution in [3.05, 3.63) is 35.5 Å². The molecule has 36 heavy (non-hydrogen) atoms. The molecule has 0 radical (unpaired) electrons. The van der Waals surface area contributed by atoms with Crippen LogP contribution in [0.15, 0.2) is 30.0 Å². The number of halogens is 3. The maximum absolute atomic E-state index is 12.8. The van der Waals surface area contributed by atoms with Gasteiger partial charge in [-0.1, -0.05) is 19.9 Å². The quantitative estimate of drug-likeness (QED) is 0.465. The summed E-state index contributed by atoms with van der Waals surface area (Å²) < 4.78 is 44.0. The fourth-order valence-corrected chi connectivity index (χ4v) is 6.44. The number of esters is 1. The summed E-state index contributed by atoms with van der Waals surface area (Å²) in [6.45, 7) is 11.7. The first-order valence-electron chi connectivity index (χ1n) is 13.0. The highest BCUT2D eigenvalue weighted by molar-refractivity contribution is 5.66. The van der Waals surface area contributed by atoms with E-state index in [4.69, 9.17) is 4.74 Å². The molecule has 1 saturated carbocycles. The monoisotopic (exact) mass is 509 g/mol. The number of piperazine rings is 1. The molecule has 1 N–H and O–H groups in total. The number of fused-ring (bicyclic) bond motifs is 1. The van der Waals surface area contributed by atoms with E-state index in [1.807, 2.05) is 11.8 Å². The molecule has 1 aromatic rings. The van der Waals surface area contributed by atoms with Crippen molar-refractivity contribution in [2.45, 2.75) is 64.8 Å². The lowest BCUT2D eigenvalue weighted by Crippen LogP contribution is -2.56. The van der Waals surface area contributed by atoms with Crippen LogP contribution in [-0.2, 0) is 15.7 Å². The number of carbonyl (C=O) groups excluding carboxylic acids is 1. The van der Waals surface area contributed by atoms with Gasteiger partial charge in [-0.15, -0.1) is 0 Å². The van der Waals surface area contributed by atoms with Crippen LogP contribution in [0.5, 0.6) is 0 Å². The summed E-state index contributed by atoms with van der Waals surface area (Å²) in [5, 5.41) is 11.8. The number of hydrogen-bond acceptors (Lipinski definition) is 6. The second kappa shape index (κ2) is 10.3. The molecule has 9 heteroatoms. The maximum Gasteiger partial charge on any atom is 0.417 e. The first-order chi connectivity index (χ1) is 16.9. The fraction of sp³-hybridized carbons (Fsp3) is 0.704. The lowest BCUT2D eigenvalue weighted by Gasteiger charge is -2.53. The van der Waals surface area contributed by atoms with Gasteiger partial charge in [0.05, 0.1) is 11.2 Å². The minimum absolute atomic E-state index is 0.0284. The van der Waals surface area contributed by atoms with Gasteiger partial charge in [0.1, 0.15) is 11.9 Å². The number of aromatic nitrogens is 1. The van der Waals surface area contributed by atoms with Gasteiger partial charge in [0.2, 0.25) is 0 Å². The van der Waals surface area contributed by atoms with Gasteiger partial charge in [0, 0.05) is 58.2 Å². The van der Waals surface area contributed by atoms with E-state index < -0.39 is 17.3 Å². The highest BCUT2D eigenvalue weighted by atomic mass is 19.4. The van der Waals surface area contributed by atoms with E-state index >= 15 is 0 Å². The number of pyridine rings is 1. The van der Waals surface area contributed by atoms with Crippen LogP contribution in [-0.4, -0.2) is 65.4 Å². The number of alkyl halides is 3. The van der Waals surface area contributed by atoms with Crippen molar-refractivity contribution in [3.8, 4) is 0 Å². The Hall–Kier alpha value is -2.13. The number of hydrogen-bond donors (Lipinski definition) is 1. The lowest BCUT2D eigenvalue weighted by molar-refractivity contribution is -0.159. The number of nitrogens with zero attached hydrogens (tertiary/aromatic N) is 3. The van der Waals surface area contributed by atoms with Crippen LogP contribution in [0.1, 0.15) is 52.5 Å². The van der Waals surface area contributed by atoms with Gasteiger partial charge in [-0.2, -0.15) is 13.2 Å². The van der Waals surface area contributed by atoms with E-state index in [9.17, 15) is 23.1 Å². The molecule has 1 saturated heterocycles. The molecule has 2 fully saturated rings. The van der Waals surface area contributed by atoms with Crippen molar-refractivity contribution in [1.29, 1.82) is 0 Å². The molecule has 1 aliphatic heterocycles. The average Bonchev–Trinajstić information content (AvgIpc) is 2.81. The van der Waals surface area contributed by atoms with Crippen molar-refractivity contribution in [2.24, 2.45) is 23.7 Å². The van der Waals surface area contributed by atoms with Gasteiger partial charge in [-0.25, -0.2) is 4.98 Å². The molecule has 6 atom stereocenters. The lowest BCUT2D eigenvalue weighted by atomic mass is 9.57. The molecule has 1 aromatic heterocycles. The van der Waals surface area contributed by atoms with Gasteiger partial charge in [0.25, 0.3) is 0 Å². The molecule has 2 aliphatic carbocycles. The number of anilines is 1. The SMILES string of the molecule is CC(=O)O[C@@H]1C[C@@]2(O)[C@H](C)CC[C@@H]([C@H](C)CN3CCN(c4ccc(C(F)(F)F)cn4)CC3)[C@H]2C=C1C. The van der Waals surface area contributed by atoms with E-state index in [0.29, 0.717) is 37.2 Å². The van der Waals surface area contributed by atoms with Crippen molar-refractivity contribution in [2.75, 3.05) is 37.6 Å². The number of carbonyl (C=O) groups is 1. The van der Waals surface area contributed by atoms with Crippen LogP contribution in [0, 0.1) is 23.7 Å². The van der Waals surface area contributed by atoms with Gasteiger partial charge < -0.3 is 14.7 Å². The van der Waals surface area contributed by atoms with E-state index in [1.54, 1.807) is 0 Å². The molecule has 2 heterocycles. The van der Waals surface area contributed by atoms with Crippen LogP contribution < -0.4 is 4.90 Å². The number of ether oxygens (including phenoxy) is 1. The summed E-state index contributed by atoms with van der Waals surface area (Å²) in [6, 6.07) is 2.54. The van der Waals surface area contributed by atoms with Gasteiger partial charge in [-0.05, 0) is 55.2 Å². The Bertz CT molecular complexity index is 959. The highest BCUT2D eigenvalue weighted by Gasteiger charge is 2.52. The highest BCUT2D eigenvalue weighted by Crippen LogP contribution is 2.51. The fourth-order valence-electron chi connectivity index (χ4n) is 6.44. The first-order valence-corrected chi connectivity index (χ1v) is 13.0. The molecule has 4 rings (SSSR count). The molecule has 0 unspecified atom stereocenters. The number of aliphatic hydroxyl groups is 1. The largest absolute Gasteiger partial charge is 0.458 e. The van der Waals surface area contributed by atoms with Crippen LogP contribution in [0.4, 0.5) is 19.0 Å². The molecule has 0 spiro atoms. The summed E-state index contributed by atoms with van der Waals surface area (Å²) in [5.41, 5.74) is -0.598. The maximum atomic E-state index is 12.8. The van der Waals surface area contributed by atoms with Crippen molar-refractivity contribution in [1.82, 2.24) is 9.88 Å². The van der Waals surface area contributed by atoms with Crippen LogP contribution >= 0.6 is 0 Å². The average molecular weight is 510 g/mol. The van der Waals surface area contributed by atoms with E-state index in [0.717, 1.165) is 50.3 Å². The Kier molecular flexibility index (Phi) is 7.72. The van der Waals surface area contributed by atoms with Crippen LogP contribution in [0.3, 0.4) is 0 Å². The Morgan fingerprint density at radius 1 is 1.25 bits per heavy atom. The standard InChI is InChI=1S/C27H38F3N3O3/c1-17-13-23-22(7-5-19(3)26(23,35)14-24(17)36-20(4)34)18(2)16-32-9-11-33(12-10-32)25-8-6-21(15-31-25)27(28,29)30/h6,8,13,15,18-19,22-24,35H,5,7,9-12,14,16H2,1-4H3/t18-,19-,22+,23-,24-,26-/m1/s1. The Balaban J connectivity index is 1.37. The Labute approximate surface area is 211 Å². The summed E-state index contributed by atoms with van der Waals surface area (Å²) in [5.74, 6) is 1.10. The molecular weight excluding hydrogens is 471 g/mol. The predicted octanol–water partition coefficient (Wildman–Crippen LogP) is 4.53. The normalized spacial score (nSPS) is 32.4. The summed E-state index contributed by atoms with van der Waals surface area (Å²) in [6.07, 6.45) is 0.747. The van der Waals surface area contributed by atoms with Gasteiger partial charge in [-0.3, -0.25) is 9.69 Å². The summed E-state index contributed by atoms with van der Waals surface area (Å²) >= 11 is 0. The van der Waals surface area contributed by atoms with E-state index in [-0.39, 0.29) is 23.9 Å². The van der Waals surface area contributed by atoms with E-state index in [1.165, 1.54) is 13.0 Å². The van der Waals surface area contributed by atoms with Crippen LogP contribution in [0.2, 0.25) is 0 Å². The second-order valence-electron chi connectivity index (χ2n) is 11.0. The first kappa shape index (κ1) is 26.9. The molecule has 0 amide bonds. The van der Waals surface area contributed by atoms with Crippen molar-refractivity contribution >= 4 is 11.8 Å². The molecule has 6 nitrogen and oxygen atoms in total. The topological polar surface area (TPSA) is 65.9 Å². The second-order valence-corrected chi connectivity index (χ2v) is 11.0. The van der Waals surface area contributed by atoms with Crippen LogP contribution in [0.25, 0.3) is 0 Å².